The normalized spacial score (nSPS) is 16.6. The Balaban J connectivity index is 2.00. The molecule has 0 saturated carbocycles. The molecule has 1 aliphatic rings. The van der Waals surface area contributed by atoms with Crippen LogP contribution in [0.25, 0.3) is 0 Å². The van der Waals surface area contributed by atoms with Crippen LogP contribution in [0.5, 0.6) is 11.5 Å². The second kappa shape index (κ2) is 7.83. The number of fused-ring (bicyclic) bond motifs is 1. The van der Waals surface area contributed by atoms with Crippen LogP contribution in [-0.4, -0.2) is 23.5 Å². The molecule has 0 saturated heterocycles. The first kappa shape index (κ1) is 22.0. The summed E-state index contributed by atoms with van der Waals surface area (Å²) in [5.74, 6) is -1.49. The van der Waals surface area contributed by atoms with Gasteiger partial charge in [-0.25, -0.2) is 0 Å². The Labute approximate surface area is 175 Å². The molecule has 2 aromatic carbocycles. The van der Waals surface area contributed by atoms with Crippen LogP contribution in [0.4, 0.5) is 13.2 Å². The van der Waals surface area contributed by atoms with Gasteiger partial charge in [-0.05, 0) is 38.1 Å². The van der Waals surface area contributed by atoms with Gasteiger partial charge in [0.2, 0.25) is 0 Å². The van der Waals surface area contributed by atoms with E-state index in [0.29, 0.717) is 5.56 Å². The van der Waals surface area contributed by atoms with Crippen LogP contribution in [0.15, 0.2) is 36.4 Å². The number of carbonyl (C=O) groups excluding carboxylic acids is 1. The SMILES string of the molecule is CC(C)(COc1cc(C(F)(F)F)ccc1C1CC(=O)c2cccc(Cl)c2O1)C(=O)O. The second-order valence-corrected chi connectivity index (χ2v) is 7.99. The Morgan fingerprint density at radius 3 is 2.60 bits per heavy atom. The number of rotatable bonds is 5. The fraction of sp³-hybridized carbons (Fsp3) is 0.333. The third kappa shape index (κ3) is 4.38. The topological polar surface area (TPSA) is 72.8 Å². The van der Waals surface area contributed by atoms with Gasteiger partial charge in [-0.3, -0.25) is 9.59 Å². The molecule has 9 heteroatoms. The third-order valence-corrected chi connectivity index (χ3v) is 5.05. The lowest BCUT2D eigenvalue weighted by Crippen LogP contribution is -2.31. The number of halogens is 4. The van der Waals surface area contributed by atoms with Crippen molar-refractivity contribution < 1.29 is 37.3 Å². The Morgan fingerprint density at radius 1 is 1.27 bits per heavy atom. The van der Waals surface area contributed by atoms with Crippen molar-refractivity contribution >= 4 is 23.4 Å². The van der Waals surface area contributed by atoms with Crippen LogP contribution < -0.4 is 9.47 Å². The molecule has 5 nitrogen and oxygen atoms in total. The Kier molecular flexibility index (Phi) is 5.73. The molecule has 0 spiro atoms. The maximum absolute atomic E-state index is 13.2. The highest BCUT2D eigenvalue weighted by Crippen LogP contribution is 2.43. The number of carbonyl (C=O) groups is 2. The first-order valence-corrected chi connectivity index (χ1v) is 9.33. The number of aliphatic carboxylic acids is 1. The molecule has 0 radical (unpaired) electrons. The third-order valence-electron chi connectivity index (χ3n) is 4.75. The van der Waals surface area contributed by atoms with Gasteiger partial charge in [0.1, 0.15) is 24.2 Å². The summed E-state index contributed by atoms with van der Waals surface area (Å²) in [6.07, 6.45) is -5.69. The Bertz CT molecular complexity index is 1000. The Hall–Kier alpha value is -2.74. The quantitative estimate of drug-likeness (QED) is 0.656. The summed E-state index contributed by atoms with van der Waals surface area (Å²) in [5, 5.41) is 9.45. The molecule has 1 unspecified atom stereocenters. The van der Waals surface area contributed by atoms with Crippen LogP contribution in [0.3, 0.4) is 0 Å². The lowest BCUT2D eigenvalue weighted by atomic mass is 9.94. The predicted molar refractivity (Wildman–Crippen MR) is 102 cm³/mol. The van der Waals surface area contributed by atoms with Crippen molar-refractivity contribution in [1.82, 2.24) is 0 Å². The van der Waals surface area contributed by atoms with Gasteiger partial charge in [0.15, 0.2) is 5.78 Å². The fourth-order valence-corrected chi connectivity index (χ4v) is 3.12. The molecule has 160 valence electrons. The minimum atomic E-state index is -4.63. The number of carboxylic acid groups (broad SMARTS) is 1. The predicted octanol–water partition coefficient (Wildman–Crippen LogP) is 5.55. The maximum Gasteiger partial charge on any atom is 0.416 e. The van der Waals surface area contributed by atoms with E-state index in [0.717, 1.165) is 12.1 Å². The van der Waals surface area contributed by atoms with Gasteiger partial charge in [-0.1, -0.05) is 23.7 Å². The van der Waals surface area contributed by atoms with E-state index >= 15 is 0 Å². The molecule has 1 atom stereocenters. The first-order chi connectivity index (χ1) is 13.9. The molecule has 0 aromatic heterocycles. The molecular formula is C21H18ClF3O5. The molecule has 30 heavy (non-hydrogen) atoms. The van der Waals surface area contributed by atoms with E-state index < -0.39 is 29.2 Å². The van der Waals surface area contributed by atoms with E-state index in [4.69, 9.17) is 21.1 Å². The minimum Gasteiger partial charge on any atom is -0.492 e. The summed E-state index contributed by atoms with van der Waals surface area (Å²) in [5.41, 5.74) is -1.82. The average molecular weight is 443 g/mol. The van der Waals surface area contributed by atoms with E-state index in [-0.39, 0.29) is 40.9 Å². The molecule has 0 aliphatic carbocycles. The highest BCUT2D eigenvalue weighted by Gasteiger charge is 2.36. The zero-order chi connectivity index (χ0) is 22.3. The van der Waals surface area contributed by atoms with Gasteiger partial charge < -0.3 is 14.6 Å². The van der Waals surface area contributed by atoms with Crippen molar-refractivity contribution in [2.24, 2.45) is 5.41 Å². The van der Waals surface area contributed by atoms with E-state index in [1.165, 1.54) is 26.0 Å². The minimum absolute atomic E-state index is 0.128. The summed E-state index contributed by atoms with van der Waals surface area (Å²) in [6, 6.07) is 7.51. The largest absolute Gasteiger partial charge is 0.492 e. The number of hydrogen-bond acceptors (Lipinski definition) is 4. The van der Waals surface area contributed by atoms with Crippen molar-refractivity contribution in [3.8, 4) is 11.5 Å². The summed E-state index contributed by atoms with van der Waals surface area (Å²) >= 11 is 6.12. The first-order valence-electron chi connectivity index (χ1n) is 8.96. The van der Waals surface area contributed by atoms with Crippen LogP contribution >= 0.6 is 11.6 Å². The van der Waals surface area contributed by atoms with E-state index in [2.05, 4.69) is 0 Å². The van der Waals surface area contributed by atoms with Gasteiger partial charge in [0, 0.05) is 5.56 Å². The number of benzene rings is 2. The number of para-hydroxylation sites is 1. The van der Waals surface area contributed by atoms with Crippen molar-refractivity contribution in [2.75, 3.05) is 6.61 Å². The van der Waals surface area contributed by atoms with Crippen LogP contribution in [0, 0.1) is 5.41 Å². The molecular weight excluding hydrogens is 425 g/mol. The lowest BCUT2D eigenvalue weighted by Gasteiger charge is -2.28. The fourth-order valence-electron chi connectivity index (χ4n) is 2.91. The van der Waals surface area contributed by atoms with Crippen molar-refractivity contribution in [2.45, 2.75) is 32.5 Å². The smallest absolute Gasteiger partial charge is 0.416 e. The van der Waals surface area contributed by atoms with Crippen molar-refractivity contribution in [3.05, 3.63) is 58.1 Å². The standard InChI is InChI=1S/C21H18ClF3O5/c1-20(2,19(27)28)10-29-16-8-11(21(23,24)25)6-7-13(16)17-9-15(26)12-4-3-5-14(22)18(12)30-17/h3-8,17H,9-10H2,1-2H3,(H,27,28). The maximum atomic E-state index is 13.2. The average Bonchev–Trinajstić information content (AvgIpc) is 2.66. The van der Waals surface area contributed by atoms with Gasteiger partial charge in [-0.15, -0.1) is 0 Å². The molecule has 1 aliphatic heterocycles. The number of alkyl halides is 3. The Morgan fingerprint density at radius 2 is 1.97 bits per heavy atom. The van der Waals surface area contributed by atoms with E-state index in [9.17, 15) is 27.9 Å². The van der Waals surface area contributed by atoms with Crippen LogP contribution in [0.2, 0.25) is 5.02 Å². The molecule has 0 amide bonds. The zero-order valence-corrected chi connectivity index (χ0v) is 16.8. The number of hydrogen-bond donors (Lipinski definition) is 1. The highest BCUT2D eigenvalue weighted by atomic mass is 35.5. The molecule has 3 rings (SSSR count). The van der Waals surface area contributed by atoms with Gasteiger partial charge in [0.25, 0.3) is 0 Å². The second-order valence-electron chi connectivity index (χ2n) is 7.58. The van der Waals surface area contributed by atoms with Crippen molar-refractivity contribution in [1.29, 1.82) is 0 Å². The van der Waals surface area contributed by atoms with Crippen molar-refractivity contribution in [3.63, 3.8) is 0 Å². The summed E-state index contributed by atoms with van der Waals surface area (Å²) in [7, 11) is 0. The lowest BCUT2D eigenvalue weighted by molar-refractivity contribution is -0.148. The monoisotopic (exact) mass is 442 g/mol. The number of Topliss-reactive ketones (excluding diaryl/α,β-unsaturated/α-hetero) is 1. The van der Waals surface area contributed by atoms with Crippen LogP contribution in [-0.2, 0) is 11.0 Å². The highest BCUT2D eigenvalue weighted by molar-refractivity contribution is 6.32. The molecule has 1 N–H and O–H groups in total. The van der Waals surface area contributed by atoms with Gasteiger partial charge in [0.05, 0.1) is 28.0 Å². The summed E-state index contributed by atoms with van der Waals surface area (Å²) in [6.45, 7) is 2.40. The van der Waals surface area contributed by atoms with Gasteiger partial charge >= 0.3 is 12.1 Å². The molecule has 0 bridgehead atoms. The summed E-state index contributed by atoms with van der Waals surface area (Å²) < 4.78 is 50.9. The molecule has 1 heterocycles. The number of carboxylic acids is 1. The zero-order valence-electron chi connectivity index (χ0n) is 16.0. The van der Waals surface area contributed by atoms with E-state index in [1.807, 2.05) is 0 Å². The van der Waals surface area contributed by atoms with Crippen LogP contribution in [0.1, 0.15) is 47.9 Å². The number of ketones is 1. The number of ether oxygens (including phenoxy) is 2. The molecule has 2 aromatic rings. The summed E-state index contributed by atoms with van der Waals surface area (Å²) in [4.78, 5) is 23.9. The molecule has 0 fully saturated rings. The van der Waals surface area contributed by atoms with Gasteiger partial charge in [-0.2, -0.15) is 13.2 Å². The van der Waals surface area contributed by atoms with E-state index in [1.54, 1.807) is 12.1 Å².